The molecule has 25 heavy (non-hydrogen) atoms. The average molecular weight is 396 g/mol. The number of benzene rings is 2. The number of anilines is 1. The number of nitrogens with zero attached hydrogens (tertiary/aromatic N) is 2. The molecular weight excluding hydrogens is 382 g/mol. The summed E-state index contributed by atoms with van der Waals surface area (Å²) in [6.07, 6.45) is 1.43. The van der Waals surface area contributed by atoms with Crippen LogP contribution in [0.15, 0.2) is 52.5 Å². The Labute approximate surface area is 154 Å². The summed E-state index contributed by atoms with van der Waals surface area (Å²) in [5.74, 6) is -0.0989. The van der Waals surface area contributed by atoms with Gasteiger partial charge in [0, 0.05) is 15.7 Å². The number of nitriles is 2. The maximum atomic E-state index is 12.3. The van der Waals surface area contributed by atoms with Gasteiger partial charge < -0.3 is 10.1 Å². The largest absolute Gasteiger partial charge is 0.478 e. The van der Waals surface area contributed by atoms with Crippen molar-refractivity contribution < 1.29 is 9.53 Å². The molecule has 0 aliphatic heterocycles. The van der Waals surface area contributed by atoms with E-state index in [9.17, 15) is 10.1 Å². The molecular formula is C19H14BrN3O2. The fraction of sp³-hybridized carbons (Fsp3) is 0.105. The average Bonchev–Trinajstić information content (AvgIpc) is 2.60. The van der Waals surface area contributed by atoms with Gasteiger partial charge in [-0.1, -0.05) is 33.6 Å². The number of carbonyl (C=O) groups is 1. The molecule has 0 spiro atoms. The predicted molar refractivity (Wildman–Crippen MR) is 98.6 cm³/mol. The van der Waals surface area contributed by atoms with E-state index < -0.39 is 5.91 Å². The first-order valence-corrected chi connectivity index (χ1v) is 8.12. The Hall–Kier alpha value is -3.09. The maximum Gasteiger partial charge on any atom is 0.266 e. The molecule has 1 N–H and O–H groups in total. The minimum Gasteiger partial charge on any atom is -0.478 e. The van der Waals surface area contributed by atoms with Crippen molar-refractivity contribution in [1.29, 1.82) is 10.5 Å². The van der Waals surface area contributed by atoms with Crippen molar-refractivity contribution in [2.45, 2.75) is 6.92 Å². The molecule has 0 saturated carbocycles. The van der Waals surface area contributed by atoms with Crippen LogP contribution < -0.4 is 10.1 Å². The number of ether oxygens (including phenoxy) is 1. The quantitative estimate of drug-likeness (QED) is 0.606. The molecule has 0 bridgehead atoms. The number of carbonyl (C=O) groups excluding carboxylic acids is 1. The van der Waals surface area contributed by atoms with Crippen molar-refractivity contribution in [1.82, 2.24) is 0 Å². The Bertz CT molecular complexity index is 890. The fourth-order valence-electron chi connectivity index (χ4n) is 2.01. The normalized spacial score (nSPS) is 10.5. The summed E-state index contributed by atoms with van der Waals surface area (Å²) in [7, 11) is 0. The number of nitrogens with one attached hydrogen (secondary N) is 1. The topological polar surface area (TPSA) is 85.9 Å². The van der Waals surface area contributed by atoms with E-state index in [0.717, 1.165) is 10.0 Å². The lowest BCUT2D eigenvalue weighted by atomic mass is 10.1. The molecule has 2 aromatic rings. The molecule has 0 heterocycles. The highest BCUT2D eigenvalue weighted by molar-refractivity contribution is 9.10. The zero-order valence-corrected chi connectivity index (χ0v) is 15.0. The van der Waals surface area contributed by atoms with Crippen molar-refractivity contribution in [2.24, 2.45) is 0 Å². The van der Waals surface area contributed by atoms with Crippen LogP contribution in [0.1, 0.15) is 11.1 Å². The van der Waals surface area contributed by atoms with E-state index in [-0.39, 0.29) is 12.2 Å². The Morgan fingerprint density at radius 1 is 1.24 bits per heavy atom. The highest BCUT2D eigenvalue weighted by Gasteiger charge is 2.12. The van der Waals surface area contributed by atoms with Gasteiger partial charge in [0.25, 0.3) is 5.91 Å². The summed E-state index contributed by atoms with van der Waals surface area (Å²) in [6.45, 7) is 1.82. The zero-order chi connectivity index (χ0) is 18.2. The molecule has 0 unspecified atom stereocenters. The van der Waals surface area contributed by atoms with E-state index >= 15 is 0 Å². The SMILES string of the molecule is Cc1ccc(NC(=O)/C(C#N)=C/c2cc(Br)ccc2OCC#N)cc1. The Kier molecular flexibility index (Phi) is 6.33. The molecule has 1 amide bonds. The second-order valence-electron chi connectivity index (χ2n) is 5.12. The van der Waals surface area contributed by atoms with E-state index in [0.29, 0.717) is 17.0 Å². The lowest BCUT2D eigenvalue weighted by Crippen LogP contribution is -2.13. The van der Waals surface area contributed by atoms with E-state index in [2.05, 4.69) is 21.2 Å². The van der Waals surface area contributed by atoms with Crippen LogP contribution in [0.2, 0.25) is 0 Å². The van der Waals surface area contributed by atoms with Crippen LogP contribution in [0.4, 0.5) is 5.69 Å². The molecule has 0 radical (unpaired) electrons. The summed E-state index contributed by atoms with van der Waals surface area (Å²) in [5, 5.41) is 20.7. The molecule has 124 valence electrons. The molecule has 0 saturated heterocycles. The maximum absolute atomic E-state index is 12.3. The molecule has 2 rings (SSSR count). The second-order valence-corrected chi connectivity index (χ2v) is 6.03. The minimum atomic E-state index is -0.516. The highest BCUT2D eigenvalue weighted by Crippen LogP contribution is 2.26. The number of hydrogen-bond donors (Lipinski definition) is 1. The summed E-state index contributed by atoms with van der Waals surface area (Å²) in [6, 6.07) is 16.2. The van der Waals surface area contributed by atoms with Crippen LogP contribution in [-0.4, -0.2) is 12.5 Å². The Balaban J connectivity index is 2.29. The van der Waals surface area contributed by atoms with Gasteiger partial charge in [0.05, 0.1) is 0 Å². The first-order valence-electron chi connectivity index (χ1n) is 7.32. The lowest BCUT2D eigenvalue weighted by Gasteiger charge is -2.08. The van der Waals surface area contributed by atoms with Gasteiger partial charge in [0.1, 0.15) is 23.5 Å². The molecule has 0 aliphatic carbocycles. The van der Waals surface area contributed by atoms with Gasteiger partial charge >= 0.3 is 0 Å². The van der Waals surface area contributed by atoms with Gasteiger partial charge in [0.2, 0.25) is 0 Å². The van der Waals surface area contributed by atoms with E-state index in [4.69, 9.17) is 10.00 Å². The van der Waals surface area contributed by atoms with Gasteiger partial charge in [-0.2, -0.15) is 10.5 Å². The van der Waals surface area contributed by atoms with Crippen molar-refractivity contribution in [2.75, 3.05) is 11.9 Å². The van der Waals surface area contributed by atoms with Gasteiger partial charge in [-0.05, 0) is 43.3 Å². The molecule has 0 atom stereocenters. The molecule has 2 aromatic carbocycles. The second kappa shape index (κ2) is 8.68. The van der Waals surface area contributed by atoms with E-state index in [1.807, 2.05) is 31.2 Å². The molecule has 0 fully saturated rings. The van der Waals surface area contributed by atoms with Crippen LogP contribution in [0.25, 0.3) is 6.08 Å². The third kappa shape index (κ3) is 5.20. The van der Waals surface area contributed by atoms with Crippen LogP contribution in [0.5, 0.6) is 5.75 Å². The van der Waals surface area contributed by atoms with Crippen LogP contribution in [0.3, 0.4) is 0 Å². The smallest absolute Gasteiger partial charge is 0.266 e. The predicted octanol–water partition coefficient (Wildman–Crippen LogP) is 4.21. The lowest BCUT2D eigenvalue weighted by molar-refractivity contribution is -0.112. The van der Waals surface area contributed by atoms with Crippen molar-refractivity contribution in [3.63, 3.8) is 0 Å². The third-order valence-electron chi connectivity index (χ3n) is 3.24. The number of aryl methyl sites for hydroxylation is 1. The summed E-state index contributed by atoms with van der Waals surface area (Å²) in [4.78, 5) is 12.3. The zero-order valence-electron chi connectivity index (χ0n) is 13.4. The highest BCUT2D eigenvalue weighted by atomic mass is 79.9. The van der Waals surface area contributed by atoms with Crippen LogP contribution in [-0.2, 0) is 4.79 Å². The monoisotopic (exact) mass is 395 g/mol. The van der Waals surface area contributed by atoms with Gasteiger partial charge in [-0.25, -0.2) is 0 Å². The summed E-state index contributed by atoms with van der Waals surface area (Å²) >= 11 is 3.34. The van der Waals surface area contributed by atoms with Crippen LogP contribution in [0, 0.1) is 29.6 Å². The number of hydrogen-bond acceptors (Lipinski definition) is 4. The van der Waals surface area contributed by atoms with Gasteiger partial charge in [-0.15, -0.1) is 0 Å². The van der Waals surface area contributed by atoms with Gasteiger partial charge in [-0.3, -0.25) is 4.79 Å². The van der Waals surface area contributed by atoms with Crippen molar-refractivity contribution in [3.05, 3.63) is 63.6 Å². The standard InChI is InChI=1S/C19H14BrN3O2/c1-13-2-5-17(6-3-13)23-19(24)15(12-22)10-14-11-16(20)4-7-18(14)25-9-8-21/h2-7,10-11H,9H2,1H3,(H,23,24)/b15-10+. The van der Waals surface area contributed by atoms with E-state index in [1.54, 1.807) is 30.3 Å². The van der Waals surface area contributed by atoms with Crippen LogP contribution >= 0.6 is 15.9 Å². The molecule has 6 heteroatoms. The van der Waals surface area contributed by atoms with Crippen molar-refractivity contribution in [3.8, 4) is 17.9 Å². The number of halogens is 1. The summed E-state index contributed by atoms with van der Waals surface area (Å²) < 4.78 is 6.09. The van der Waals surface area contributed by atoms with Gasteiger partial charge in [0.15, 0.2) is 6.61 Å². The molecule has 0 aliphatic rings. The fourth-order valence-corrected chi connectivity index (χ4v) is 2.39. The first-order chi connectivity index (χ1) is 12.0. The van der Waals surface area contributed by atoms with Crippen molar-refractivity contribution >= 4 is 33.6 Å². The Morgan fingerprint density at radius 2 is 1.96 bits per heavy atom. The third-order valence-corrected chi connectivity index (χ3v) is 3.73. The number of amides is 1. The number of rotatable bonds is 5. The Morgan fingerprint density at radius 3 is 2.60 bits per heavy atom. The minimum absolute atomic E-state index is 0.0690. The molecule has 5 nitrogen and oxygen atoms in total. The first kappa shape index (κ1) is 18.3. The summed E-state index contributed by atoms with van der Waals surface area (Å²) in [5.41, 5.74) is 2.13. The molecule has 0 aromatic heterocycles. The van der Waals surface area contributed by atoms with E-state index in [1.165, 1.54) is 6.08 Å².